The molecule has 0 atom stereocenters. The van der Waals surface area contributed by atoms with Crippen LogP contribution in [0.5, 0.6) is 0 Å². The Morgan fingerprint density at radius 3 is 2.79 bits per heavy atom. The quantitative estimate of drug-likeness (QED) is 0.892. The second kappa shape index (κ2) is 7.39. The Morgan fingerprint density at radius 2 is 2.12 bits per heavy atom. The number of nitrogens with zero attached hydrogens (tertiary/aromatic N) is 5. The lowest BCUT2D eigenvalue weighted by atomic mass is 10.3. The Balaban J connectivity index is 1.45. The van der Waals surface area contributed by atoms with Gasteiger partial charge in [0.2, 0.25) is 0 Å². The molecule has 10 heteroatoms. The van der Waals surface area contributed by atoms with Crippen LogP contribution < -0.4 is 5.32 Å². The highest BCUT2D eigenvalue weighted by molar-refractivity contribution is 5.89. The van der Waals surface area contributed by atoms with Gasteiger partial charge < -0.3 is 14.7 Å². The highest BCUT2D eigenvalue weighted by Crippen LogP contribution is 2.11. The van der Waals surface area contributed by atoms with E-state index >= 15 is 0 Å². The minimum absolute atomic E-state index is 0.257. The van der Waals surface area contributed by atoms with E-state index < -0.39 is 13.0 Å². The topological polar surface area (TPSA) is 79.4 Å². The van der Waals surface area contributed by atoms with Gasteiger partial charge in [-0.1, -0.05) is 5.16 Å². The summed E-state index contributed by atoms with van der Waals surface area (Å²) in [6.45, 7) is 2.81. The molecule has 0 radical (unpaired) electrons. The van der Waals surface area contributed by atoms with Gasteiger partial charge in [-0.15, -0.1) is 0 Å². The minimum Gasteiger partial charge on any atom is -0.364 e. The summed E-state index contributed by atoms with van der Waals surface area (Å²) in [6, 6.07) is 1.56. The number of urea groups is 1. The number of rotatable bonds is 5. The van der Waals surface area contributed by atoms with E-state index in [-0.39, 0.29) is 6.03 Å². The molecule has 8 nitrogen and oxygen atoms in total. The van der Waals surface area contributed by atoms with Crippen LogP contribution in [0.3, 0.4) is 0 Å². The first kappa shape index (κ1) is 16.4. The SMILES string of the molecule is O=C(Nc1cnn(CC(F)F)c1)N1CCN(Cc2ccon2)CC1. The van der Waals surface area contributed by atoms with E-state index in [1.165, 1.54) is 18.7 Å². The lowest BCUT2D eigenvalue weighted by molar-refractivity contribution is 0.122. The monoisotopic (exact) mass is 340 g/mol. The van der Waals surface area contributed by atoms with Gasteiger partial charge in [-0.3, -0.25) is 9.58 Å². The molecule has 0 aliphatic carbocycles. The van der Waals surface area contributed by atoms with Gasteiger partial charge >= 0.3 is 6.03 Å². The molecule has 1 aliphatic rings. The zero-order valence-corrected chi connectivity index (χ0v) is 12.9. The minimum atomic E-state index is -2.48. The standard InChI is InChI=1S/C14H18F2N6O2/c15-13(16)10-22-9-12(7-17-22)18-14(23)21-4-2-20(3-5-21)8-11-1-6-24-19-11/h1,6-7,9,13H,2-5,8,10H2,(H,18,23). The first-order chi connectivity index (χ1) is 11.6. The molecule has 0 unspecified atom stereocenters. The summed E-state index contributed by atoms with van der Waals surface area (Å²) in [7, 11) is 0. The van der Waals surface area contributed by atoms with Crippen LogP contribution in [-0.2, 0) is 13.1 Å². The number of aromatic nitrogens is 3. The smallest absolute Gasteiger partial charge is 0.322 e. The van der Waals surface area contributed by atoms with Crippen LogP contribution in [0.2, 0.25) is 0 Å². The third-order valence-corrected chi connectivity index (χ3v) is 3.75. The van der Waals surface area contributed by atoms with E-state index in [9.17, 15) is 13.6 Å². The zero-order chi connectivity index (χ0) is 16.9. The number of hydrogen-bond donors (Lipinski definition) is 1. The molecule has 0 saturated carbocycles. The Kier molecular flexibility index (Phi) is 5.04. The summed E-state index contributed by atoms with van der Waals surface area (Å²) in [5.41, 5.74) is 1.27. The predicted octanol–water partition coefficient (Wildman–Crippen LogP) is 1.49. The normalized spacial score (nSPS) is 15.9. The van der Waals surface area contributed by atoms with Crippen LogP contribution in [0.15, 0.2) is 29.2 Å². The molecular weight excluding hydrogens is 322 g/mol. The maximum atomic E-state index is 12.3. The van der Waals surface area contributed by atoms with Gasteiger partial charge in [0.05, 0.1) is 17.6 Å². The number of piperazine rings is 1. The average molecular weight is 340 g/mol. The molecule has 0 bridgehead atoms. The van der Waals surface area contributed by atoms with Crippen molar-refractivity contribution in [1.82, 2.24) is 24.7 Å². The predicted molar refractivity (Wildman–Crippen MR) is 80.6 cm³/mol. The zero-order valence-electron chi connectivity index (χ0n) is 12.9. The van der Waals surface area contributed by atoms with E-state index in [1.54, 1.807) is 4.90 Å². The molecule has 1 saturated heterocycles. The second-order valence-electron chi connectivity index (χ2n) is 5.53. The van der Waals surface area contributed by atoms with E-state index in [1.807, 2.05) is 6.07 Å². The van der Waals surface area contributed by atoms with E-state index in [0.717, 1.165) is 23.5 Å². The molecule has 0 aromatic carbocycles. The van der Waals surface area contributed by atoms with Crippen molar-refractivity contribution in [3.8, 4) is 0 Å². The van der Waals surface area contributed by atoms with Gasteiger partial charge in [-0.2, -0.15) is 5.10 Å². The lowest BCUT2D eigenvalue weighted by Crippen LogP contribution is -2.49. The fourth-order valence-electron chi connectivity index (χ4n) is 2.53. The van der Waals surface area contributed by atoms with Crippen LogP contribution in [-0.4, -0.2) is 63.4 Å². The highest BCUT2D eigenvalue weighted by Gasteiger charge is 2.22. The largest absolute Gasteiger partial charge is 0.364 e. The van der Waals surface area contributed by atoms with Gasteiger partial charge in [0.1, 0.15) is 12.8 Å². The number of carbonyl (C=O) groups is 1. The van der Waals surface area contributed by atoms with Gasteiger partial charge in [0, 0.05) is 45.0 Å². The van der Waals surface area contributed by atoms with Crippen molar-refractivity contribution >= 4 is 11.7 Å². The van der Waals surface area contributed by atoms with Crippen LogP contribution in [0.4, 0.5) is 19.3 Å². The molecule has 1 fully saturated rings. The molecule has 2 amide bonds. The summed E-state index contributed by atoms with van der Waals surface area (Å²) in [6.07, 6.45) is 1.81. The van der Waals surface area contributed by atoms with Crippen molar-refractivity contribution in [2.45, 2.75) is 19.5 Å². The lowest BCUT2D eigenvalue weighted by Gasteiger charge is -2.34. The number of anilines is 1. The van der Waals surface area contributed by atoms with Gasteiger partial charge in [-0.05, 0) is 0 Å². The molecule has 2 aromatic rings. The third kappa shape index (κ3) is 4.28. The first-order valence-electron chi connectivity index (χ1n) is 7.58. The molecule has 130 valence electrons. The molecule has 2 aromatic heterocycles. The van der Waals surface area contributed by atoms with Gasteiger partial charge in [0.25, 0.3) is 6.43 Å². The fourth-order valence-corrected chi connectivity index (χ4v) is 2.53. The number of nitrogens with one attached hydrogen (secondary N) is 1. The van der Waals surface area contributed by atoms with Crippen molar-refractivity contribution < 1.29 is 18.1 Å². The molecule has 1 aliphatic heterocycles. The van der Waals surface area contributed by atoms with Crippen LogP contribution in [0.1, 0.15) is 5.69 Å². The van der Waals surface area contributed by atoms with Crippen molar-refractivity contribution in [3.63, 3.8) is 0 Å². The fraction of sp³-hybridized carbons (Fsp3) is 0.500. The maximum absolute atomic E-state index is 12.3. The van der Waals surface area contributed by atoms with Crippen molar-refractivity contribution in [2.75, 3.05) is 31.5 Å². The highest BCUT2D eigenvalue weighted by atomic mass is 19.3. The summed E-state index contributed by atoms with van der Waals surface area (Å²) in [5.74, 6) is 0. The van der Waals surface area contributed by atoms with Crippen molar-refractivity contribution in [3.05, 3.63) is 30.4 Å². The van der Waals surface area contributed by atoms with Crippen LogP contribution in [0, 0.1) is 0 Å². The van der Waals surface area contributed by atoms with E-state index in [0.29, 0.717) is 25.3 Å². The van der Waals surface area contributed by atoms with E-state index in [4.69, 9.17) is 4.52 Å². The molecule has 0 spiro atoms. The van der Waals surface area contributed by atoms with Crippen molar-refractivity contribution in [2.24, 2.45) is 0 Å². The number of halogens is 2. The summed E-state index contributed by atoms with van der Waals surface area (Å²) >= 11 is 0. The van der Waals surface area contributed by atoms with Crippen LogP contribution >= 0.6 is 0 Å². The number of carbonyl (C=O) groups excluding carboxylic acids is 1. The summed E-state index contributed by atoms with van der Waals surface area (Å²) < 4.78 is 30.5. The average Bonchev–Trinajstić information content (AvgIpc) is 3.20. The number of hydrogen-bond acceptors (Lipinski definition) is 5. The Hall–Kier alpha value is -2.49. The Labute approximate surface area is 137 Å². The molecular formula is C14H18F2N6O2. The number of alkyl halides is 2. The van der Waals surface area contributed by atoms with Gasteiger partial charge in [-0.25, -0.2) is 13.6 Å². The molecule has 1 N–H and O–H groups in total. The summed E-state index contributed by atoms with van der Waals surface area (Å²) in [4.78, 5) is 16.1. The van der Waals surface area contributed by atoms with Crippen LogP contribution in [0.25, 0.3) is 0 Å². The van der Waals surface area contributed by atoms with Gasteiger partial charge in [0.15, 0.2) is 0 Å². The molecule has 3 rings (SSSR count). The Morgan fingerprint density at radius 1 is 1.33 bits per heavy atom. The Bertz CT molecular complexity index is 652. The maximum Gasteiger partial charge on any atom is 0.322 e. The van der Waals surface area contributed by atoms with Crippen molar-refractivity contribution in [1.29, 1.82) is 0 Å². The first-order valence-corrected chi connectivity index (χ1v) is 7.58. The number of amides is 2. The molecule has 24 heavy (non-hydrogen) atoms. The second-order valence-corrected chi connectivity index (χ2v) is 5.53. The molecule has 3 heterocycles. The third-order valence-electron chi connectivity index (χ3n) is 3.75. The van der Waals surface area contributed by atoms with E-state index in [2.05, 4.69) is 20.5 Å². The summed E-state index contributed by atoms with van der Waals surface area (Å²) in [5, 5.41) is 10.3.